The topological polar surface area (TPSA) is 161 Å². The zero-order valence-corrected chi connectivity index (χ0v) is 28.0. The second kappa shape index (κ2) is 13.2. The van der Waals surface area contributed by atoms with Crippen molar-refractivity contribution in [3.05, 3.63) is 55.5 Å². The summed E-state index contributed by atoms with van der Waals surface area (Å²) in [5.41, 5.74) is 7.63. The summed E-state index contributed by atoms with van der Waals surface area (Å²) >= 11 is 6.35. The number of aliphatic carboxylic acids is 2. The Bertz CT molecular complexity index is 1560. The van der Waals surface area contributed by atoms with Gasteiger partial charge >= 0.3 is 11.9 Å². The van der Waals surface area contributed by atoms with Gasteiger partial charge in [-0.05, 0) is 67.5 Å². The van der Waals surface area contributed by atoms with Crippen molar-refractivity contribution in [3.63, 3.8) is 0 Å². The highest BCUT2D eigenvalue weighted by molar-refractivity contribution is 8.11. The van der Waals surface area contributed by atoms with E-state index in [-0.39, 0.29) is 59.7 Å². The van der Waals surface area contributed by atoms with Gasteiger partial charge in [0.2, 0.25) is 11.8 Å². The van der Waals surface area contributed by atoms with Crippen LogP contribution in [0.25, 0.3) is 12.2 Å². The van der Waals surface area contributed by atoms with Crippen LogP contribution in [-0.2, 0) is 25.6 Å². The van der Waals surface area contributed by atoms with Gasteiger partial charge in [0.05, 0.1) is 0 Å². The van der Waals surface area contributed by atoms with Gasteiger partial charge in [-0.3, -0.25) is 19.2 Å². The lowest BCUT2D eigenvalue weighted by Gasteiger charge is -2.21. The molecule has 12 heteroatoms. The van der Waals surface area contributed by atoms with E-state index < -0.39 is 11.9 Å². The minimum atomic E-state index is -0.904. The number of carbonyl (C=O) groups excluding carboxylic acids is 2. The summed E-state index contributed by atoms with van der Waals surface area (Å²) in [5.74, 6) is -1.17. The minimum Gasteiger partial charge on any atom is -0.481 e. The molecule has 3 fully saturated rings. The van der Waals surface area contributed by atoms with Crippen molar-refractivity contribution >= 4 is 60.3 Å². The van der Waals surface area contributed by atoms with Crippen LogP contribution in [0.15, 0.2) is 33.0 Å². The van der Waals surface area contributed by atoms with E-state index in [4.69, 9.17) is 0 Å². The number of carboxylic acids is 2. The Morgan fingerprint density at radius 2 is 1.69 bits per heavy atom. The van der Waals surface area contributed by atoms with Crippen LogP contribution in [0.4, 0.5) is 0 Å². The largest absolute Gasteiger partial charge is 0.481 e. The number of hydrogen-bond donors (Lipinski definition) is 7. The fourth-order valence-corrected chi connectivity index (χ4v) is 8.06. The summed E-state index contributed by atoms with van der Waals surface area (Å²) < 4.78 is 0. The van der Waals surface area contributed by atoms with Crippen LogP contribution in [0, 0.1) is 24.7 Å². The molecule has 242 valence electrons. The molecule has 10 nitrogen and oxygen atoms in total. The zero-order chi connectivity index (χ0) is 32.7. The number of H-pyrrole nitrogens is 1. The van der Waals surface area contributed by atoms with E-state index in [1.165, 1.54) is 4.91 Å². The first kappa shape index (κ1) is 33.0. The Morgan fingerprint density at radius 1 is 1.02 bits per heavy atom. The average molecular weight is 655 g/mol. The Morgan fingerprint density at radius 3 is 2.31 bits per heavy atom. The maximum atomic E-state index is 12.7. The maximum absolute atomic E-state index is 12.7. The number of nitrogens with one attached hydrogen (secondary N) is 4. The van der Waals surface area contributed by atoms with Gasteiger partial charge < -0.3 is 31.1 Å². The SMILES string of the molecule is CC1=C(CCC(=O)O)/C(=C/c2[nH]c(/C=C3\NC(=O)[C@H](C)[C@H]3[C@H](C)S)c(C)c2CCC(=O)O)NC1C[C@H]1NC(=O)/C(=C2\CS2)C1C. The van der Waals surface area contributed by atoms with Gasteiger partial charge in [-0.25, -0.2) is 0 Å². The average Bonchev–Trinajstić information content (AvgIpc) is 3.52. The third-order valence-electron chi connectivity index (χ3n) is 9.67. The lowest BCUT2D eigenvalue weighted by Crippen LogP contribution is -2.36. The molecule has 3 saturated heterocycles. The molecule has 1 aromatic rings. The van der Waals surface area contributed by atoms with Crippen LogP contribution >= 0.6 is 24.4 Å². The first-order valence-electron chi connectivity index (χ1n) is 15.5. The van der Waals surface area contributed by atoms with Crippen molar-refractivity contribution in [2.75, 3.05) is 5.75 Å². The van der Waals surface area contributed by atoms with Crippen LogP contribution in [-0.4, -0.2) is 62.0 Å². The zero-order valence-electron chi connectivity index (χ0n) is 26.2. The molecule has 2 unspecified atom stereocenters. The molecule has 1 aromatic heterocycles. The highest BCUT2D eigenvalue weighted by atomic mass is 32.2. The molecule has 0 aromatic carbocycles. The molecule has 4 aliphatic heterocycles. The fraction of sp³-hybridized carbons (Fsp3) is 0.515. The van der Waals surface area contributed by atoms with Crippen molar-refractivity contribution < 1.29 is 29.4 Å². The van der Waals surface area contributed by atoms with Gasteiger partial charge in [0, 0.05) is 86.9 Å². The number of thiol groups is 1. The second-order valence-corrected chi connectivity index (χ2v) is 14.5. The second-order valence-electron chi connectivity index (χ2n) is 12.6. The van der Waals surface area contributed by atoms with E-state index in [1.54, 1.807) is 11.8 Å². The van der Waals surface area contributed by atoms with E-state index in [2.05, 4.69) is 40.5 Å². The molecule has 0 spiro atoms. The standard InChI is InChI=1S/C33H42N4O6S2/c1-14-19(6-8-28(38)39)24(34-21(14)10-23-16(3)31(27-13-45-27)33(43)36-23)12-25-20(7-9-29(40)41)15(2)22(35-25)11-26-30(18(5)44)17(4)32(42)37-26/h11-12,16-18,21,23,30,34-35,44H,6-10,13H2,1-5H3,(H,36,43)(H,37,42)(H,38,39)(H,40,41)/b24-12-,26-11-,31-27+/t16?,17-,18+,21?,23-,30+/m1/s1. The van der Waals surface area contributed by atoms with Crippen LogP contribution in [0.5, 0.6) is 0 Å². The summed E-state index contributed by atoms with van der Waals surface area (Å²) in [4.78, 5) is 53.0. The molecule has 0 aliphatic carbocycles. The van der Waals surface area contributed by atoms with E-state index in [1.807, 2.05) is 39.8 Å². The van der Waals surface area contributed by atoms with E-state index in [0.717, 1.165) is 56.4 Å². The van der Waals surface area contributed by atoms with Crippen molar-refractivity contribution in [3.8, 4) is 0 Å². The normalized spacial score (nSPS) is 30.2. The number of carboxylic acid groups (broad SMARTS) is 2. The van der Waals surface area contributed by atoms with Crippen molar-refractivity contribution in [1.82, 2.24) is 20.9 Å². The molecule has 5 heterocycles. The van der Waals surface area contributed by atoms with Crippen LogP contribution in [0.3, 0.4) is 0 Å². The molecule has 45 heavy (non-hydrogen) atoms. The number of aromatic nitrogens is 1. The Kier molecular flexibility index (Phi) is 9.65. The molecule has 2 amide bonds. The molecular weight excluding hydrogens is 613 g/mol. The fourth-order valence-electron chi connectivity index (χ4n) is 6.98. The van der Waals surface area contributed by atoms with Crippen molar-refractivity contribution in [1.29, 1.82) is 0 Å². The smallest absolute Gasteiger partial charge is 0.303 e. The molecule has 6 atom stereocenters. The maximum Gasteiger partial charge on any atom is 0.303 e. The Balaban J connectivity index is 1.50. The lowest BCUT2D eigenvalue weighted by molar-refractivity contribution is -0.138. The van der Waals surface area contributed by atoms with E-state index in [0.29, 0.717) is 19.3 Å². The highest BCUT2D eigenvalue weighted by Gasteiger charge is 2.41. The summed E-state index contributed by atoms with van der Waals surface area (Å²) in [6, 6.07) is -0.145. The molecule has 5 rings (SSSR count). The quantitative estimate of drug-likeness (QED) is 0.105. The van der Waals surface area contributed by atoms with E-state index >= 15 is 0 Å². The summed E-state index contributed by atoms with van der Waals surface area (Å²) in [5, 5.41) is 28.7. The van der Waals surface area contributed by atoms with Gasteiger partial charge in [-0.1, -0.05) is 20.8 Å². The third kappa shape index (κ3) is 6.91. The predicted octanol–water partition coefficient (Wildman–Crippen LogP) is 4.40. The molecule has 0 saturated carbocycles. The molecule has 4 aliphatic rings. The van der Waals surface area contributed by atoms with Gasteiger partial charge in [-0.15, -0.1) is 11.8 Å². The summed E-state index contributed by atoms with van der Waals surface area (Å²) in [7, 11) is 0. The first-order chi connectivity index (χ1) is 21.3. The van der Waals surface area contributed by atoms with Crippen molar-refractivity contribution in [2.45, 2.75) is 84.1 Å². The summed E-state index contributed by atoms with van der Waals surface area (Å²) in [6.45, 7) is 9.88. The lowest BCUT2D eigenvalue weighted by atomic mass is 9.90. The number of hydrogen-bond acceptors (Lipinski definition) is 7. The Hall–Kier alpha value is -3.38. The van der Waals surface area contributed by atoms with Crippen LogP contribution in [0.1, 0.15) is 75.9 Å². The molecule has 6 N–H and O–H groups in total. The number of rotatable bonds is 11. The molecule has 0 bridgehead atoms. The number of aromatic amines is 1. The predicted molar refractivity (Wildman–Crippen MR) is 178 cm³/mol. The Labute approximate surface area is 273 Å². The van der Waals surface area contributed by atoms with Crippen LogP contribution < -0.4 is 16.0 Å². The van der Waals surface area contributed by atoms with Crippen LogP contribution in [0.2, 0.25) is 0 Å². The first-order valence-corrected chi connectivity index (χ1v) is 17.0. The van der Waals surface area contributed by atoms with Gasteiger partial charge in [0.25, 0.3) is 0 Å². The number of amides is 2. The van der Waals surface area contributed by atoms with E-state index in [9.17, 15) is 29.4 Å². The third-order valence-corrected chi connectivity index (χ3v) is 10.8. The van der Waals surface area contributed by atoms with Crippen molar-refractivity contribution in [2.24, 2.45) is 17.8 Å². The highest BCUT2D eigenvalue weighted by Crippen LogP contribution is 2.44. The summed E-state index contributed by atoms with van der Waals surface area (Å²) in [6.07, 6.45) is 5.08. The number of carbonyl (C=O) groups is 4. The van der Waals surface area contributed by atoms with Gasteiger partial charge in [0.1, 0.15) is 0 Å². The monoisotopic (exact) mass is 654 g/mol. The van der Waals surface area contributed by atoms with Gasteiger partial charge in [0.15, 0.2) is 0 Å². The minimum absolute atomic E-state index is 0.00275. The number of allylic oxidation sites excluding steroid dienone is 2. The number of thioether (sulfide) groups is 1. The molecular formula is C33H42N4O6S2. The molecule has 0 radical (unpaired) electrons. The van der Waals surface area contributed by atoms with Gasteiger partial charge in [-0.2, -0.15) is 12.6 Å².